The van der Waals surface area contributed by atoms with E-state index in [4.69, 9.17) is 58.0 Å². The molecule has 4 nitrogen and oxygen atoms in total. The van der Waals surface area contributed by atoms with E-state index in [1.54, 1.807) is 0 Å². The first-order valence-corrected chi connectivity index (χ1v) is 12.0. The summed E-state index contributed by atoms with van der Waals surface area (Å²) in [6.45, 7) is 0. The average molecular weight is 681 g/mol. The molecule has 4 rings (SSSR count). The van der Waals surface area contributed by atoms with Crippen molar-refractivity contribution in [2.75, 3.05) is 0 Å². The van der Waals surface area contributed by atoms with Crippen LogP contribution in [0.5, 0.6) is 0 Å². The standard InChI is InChI=1S/C10H5BrCl2F3NO.C10H5Cl3F3NO/c11-8-4-9(18-17-8,10(14,15)16)5-1-6(12)3-7(13)2-5;11-6-1-5(2-7(12)3-6)9(10(14,15)16)4-8(13)17-18-9/h2*1-3H,4H2. The maximum absolute atomic E-state index is 13.2. The zero-order valence-electron chi connectivity index (χ0n) is 17.1. The van der Waals surface area contributed by atoms with Crippen LogP contribution in [0.4, 0.5) is 26.3 Å². The zero-order valence-corrected chi connectivity index (χ0v) is 22.5. The van der Waals surface area contributed by atoms with Crippen LogP contribution in [0, 0.1) is 0 Å². The molecule has 0 spiro atoms. The molecule has 2 aromatic carbocycles. The largest absolute Gasteiger partial charge is 0.435 e. The molecule has 0 radical (unpaired) electrons. The minimum Gasteiger partial charge on any atom is -0.373 e. The lowest BCUT2D eigenvalue weighted by molar-refractivity contribution is -0.276. The van der Waals surface area contributed by atoms with Crippen molar-refractivity contribution in [3.05, 3.63) is 67.6 Å². The molecule has 16 heteroatoms. The SMILES string of the molecule is FC(F)(F)C1(c2cc(Cl)cc(Cl)c2)CC(Br)=NO1.FC(F)(F)C1(c2cc(Cl)cc(Cl)c2)CC(Cl)=NO1. The van der Waals surface area contributed by atoms with Crippen LogP contribution in [0.3, 0.4) is 0 Å². The molecule has 2 aliphatic heterocycles. The maximum atomic E-state index is 13.2. The number of alkyl halides is 6. The summed E-state index contributed by atoms with van der Waals surface area (Å²) >= 11 is 31.2. The Morgan fingerprint density at radius 1 is 0.639 bits per heavy atom. The van der Waals surface area contributed by atoms with Crippen LogP contribution in [0.15, 0.2) is 46.7 Å². The molecule has 2 aliphatic rings. The molecule has 0 N–H and O–H groups in total. The van der Waals surface area contributed by atoms with Crippen LogP contribution in [-0.2, 0) is 20.9 Å². The fourth-order valence-electron chi connectivity index (χ4n) is 3.31. The lowest BCUT2D eigenvalue weighted by Crippen LogP contribution is -2.42. The Hall–Kier alpha value is -1.11. The van der Waals surface area contributed by atoms with Gasteiger partial charge in [-0.2, -0.15) is 26.3 Å². The first kappa shape index (κ1) is 29.4. The van der Waals surface area contributed by atoms with Crippen molar-refractivity contribution in [2.45, 2.75) is 36.4 Å². The molecule has 2 unspecified atom stereocenters. The lowest BCUT2D eigenvalue weighted by Gasteiger charge is -2.29. The molecule has 196 valence electrons. The van der Waals surface area contributed by atoms with E-state index in [2.05, 4.69) is 35.9 Å². The summed E-state index contributed by atoms with van der Waals surface area (Å²) in [5.74, 6) is 0. The van der Waals surface area contributed by atoms with E-state index in [0.29, 0.717) is 0 Å². The number of hydrogen-bond donors (Lipinski definition) is 0. The van der Waals surface area contributed by atoms with Crippen LogP contribution in [0.25, 0.3) is 0 Å². The first-order chi connectivity index (χ1) is 16.5. The molecule has 0 fully saturated rings. The predicted octanol–water partition coefficient (Wildman–Crippen LogP) is 9.60. The molecule has 36 heavy (non-hydrogen) atoms. The van der Waals surface area contributed by atoms with Gasteiger partial charge in [0, 0.05) is 31.2 Å². The normalized spacial score (nSPS) is 23.8. The molecule has 2 atom stereocenters. The second-order valence-corrected chi connectivity index (χ2v) is 10.5. The fourth-order valence-corrected chi connectivity index (χ4v) is 5.05. The Labute approximate surface area is 233 Å². The highest BCUT2D eigenvalue weighted by molar-refractivity contribution is 9.18. The summed E-state index contributed by atoms with van der Waals surface area (Å²) < 4.78 is 79.4. The van der Waals surface area contributed by atoms with Gasteiger partial charge in [-0.1, -0.05) is 68.3 Å². The lowest BCUT2D eigenvalue weighted by atomic mass is 9.90. The molecule has 2 aromatic rings. The van der Waals surface area contributed by atoms with Crippen molar-refractivity contribution >= 4 is 83.7 Å². The molecule has 2 heterocycles. The number of hydrogen-bond acceptors (Lipinski definition) is 4. The van der Waals surface area contributed by atoms with Crippen molar-refractivity contribution < 1.29 is 36.0 Å². The van der Waals surface area contributed by atoms with Crippen molar-refractivity contribution in [3.8, 4) is 0 Å². The number of oxime groups is 2. The van der Waals surface area contributed by atoms with Gasteiger partial charge in [-0.3, -0.25) is 0 Å². The highest BCUT2D eigenvalue weighted by Gasteiger charge is 2.63. The van der Waals surface area contributed by atoms with Crippen LogP contribution < -0.4 is 0 Å². The van der Waals surface area contributed by atoms with Crippen LogP contribution in [-0.4, -0.2) is 22.1 Å². The molecule has 0 bridgehead atoms. The van der Waals surface area contributed by atoms with Gasteiger partial charge in [0.2, 0.25) is 0 Å². The molecule has 0 saturated heterocycles. The van der Waals surface area contributed by atoms with Crippen molar-refractivity contribution in [2.24, 2.45) is 10.3 Å². The molecular weight excluding hydrogens is 671 g/mol. The van der Waals surface area contributed by atoms with E-state index in [0.717, 1.165) is 12.1 Å². The monoisotopic (exact) mass is 678 g/mol. The third-order valence-electron chi connectivity index (χ3n) is 4.96. The number of halogens is 12. The van der Waals surface area contributed by atoms with Gasteiger partial charge in [0.05, 0.1) is 12.8 Å². The van der Waals surface area contributed by atoms with E-state index in [-0.39, 0.29) is 41.0 Å². The summed E-state index contributed by atoms with van der Waals surface area (Å²) in [7, 11) is 0. The number of nitrogens with zero attached hydrogens (tertiary/aromatic N) is 2. The number of benzene rings is 2. The highest BCUT2D eigenvalue weighted by Crippen LogP contribution is 2.50. The Bertz CT molecular complexity index is 1090. The second-order valence-electron chi connectivity index (χ2n) is 7.44. The Morgan fingerprint density at radius 2 is 1.00 bits per heavy atom. The summed E-state index contributed by atoms with van der Waals surface area (Å²) in [5.41, 5.74) is -5.57. The van der Waals surface area contributed by atoms with Gasteiger partial charge >= 0.3 is 12.4 Å². The third-order valence-corrected chi connectivity index (χ3v) is 6.46. The van der Waals surface area contributed by atoms with E-state index in [9.17, 15) is 26.3 Å². The van der Waals surface area contributed by atoms with Gasteiger partial charge in [-0.25, -0.2) is 0 Å². The van der Waals surface area contributed by atoms with Gasteiger partial charge in [0.15, 0.2) is 0 Å². The van der Waals surface area contributed by atoms with Gasteiger partial charge < -0.3 is 9.68 Å². The molecule has 0 saturated carbocycles. The quantitative estimate of drug-likeness (QED) is 0.297. The highest BCUT2D eigenvalue weighted by atomic mass is 79.9. The summed E-state index contributed by atoms with van der Waals surface area (Å²) in [6, 6.07) is 7.28. The van der Waals surface area contributed by atoms with E-state index in [1.807, 2.05) is 0 Å². The zero-order chi connectivity index (χ0) is 27.1. The van der Waals surface area contributed by atoms with E-state index in [1.165, 1.54) is 24.3 Å². The number of rotatable bonds is 2. The van der Waals surface area contributed by atoms with Crippen LogP contribution in [0.1, 0.15) is 24.0 Å². The van der Waals surface area contributed by atoms with Crippen LogP contribution >= 0.6 is 73.9 Å². The van der Waals surface area contributed by atoms with Gasteiger partial charge in [-0.05, 0) is 52.3 Å². The minimum atomic E-state index is -4.69. The first-order valence-electron chi connectivity index (χ1n) is 9.37. The smallest absolute Gasteiger partial charge is 0.373 e. The van der Waals surface area contributed by atoms with Crippen molar-refractivity contribution in [3.63, 3.8) is 0 Å². The molecule has 0 amide bonds. The second kappa shape index (κ2) is 10.6. The summed E-state index contributed by atoms with van der Waals surface area (Å²) in [6.07, 6.45) is -10.4. The van der Waals surface area contributed by atoms with E-state index >= 15 is 0 Å². The predicted molar refractivity (Wildman–Crippen MR) is 129 cm³/mol. The Balaban J connectivity index is 0.000000201. The van der Waals surface area contributed by atoms with Gasteiger partial charge in [0.1, 0.15) is 9.79 Å². The van der Waals surface area contributed by atoms with Crippen molar-refractivity contribution in [1.29, 1.82) is 0 Å². The van der Waals surface area contributed by atoms with Gasteiger partial charge in [-0.15, -0.1) is 0 Å². The molecule has 0 aliphatic carbocycles. The minimum absolute atomic E-state index is 0.0766. The molecule has 0 aromatic heterocycles. The average Bonchev–Trinajstić information content (AvgIpc) is 3.31. The molecular formula is C20H10BrCl5F6N2O2. The van der Waals surface area contributed by atoms with E-state index < -0.39 is 36.4 Å². The Morgan fingerprint density at radius 3 is 1.28 bits per heavy atom. The Kier molecular flexibility index (Phi) is 8.65. The fraction of sp³-hybridized carbons (Fsp3) is 0.300. The van der Waals surface area contributed by atoms with Gasteiger partial charge in [0.25, 0.3) is 11.2 Å². The van der Waals surface area contributed by atoms with Crippen molar-refractivity contribution in [1.82, 2.24) is 0 Å². The maximum Gasteiger partial charge on any atom is 0.435 e. The van der Waals surface area contributed by atoms with Crippen LogP contribution in [0.2, 0.25) is 20.1 Å². The summed E-state index contributed by atoms with van der Waals surface area (Å²) in [4.78, 5) is 9.14. The third kappa shape index (κ3) is 5.96. The summed E-state index contributed by atoms with van der Waals surface area (Å²) in [5, 5.41) is 6.59. The topological polar surface area (TPSA) is 43.2 Å².